The van der Waals surface area contributed by atoms with Crippen LogP contribution in [0.1, 0.15) is 64.7 Å². The molecule has 0 unspecified atom stereocenters. The van der Waals surface area contributed by atoms with Crippen molar-refractivity contribution in [1.29, 1.82) is 0 Å². The van der Waals surface area contributed by atoms with Gasteiger partial charge in [0.1, 0.15) is 0 Å². The Bertz CT molecular complexity index is 116. The van der Waals surface area contributed by atoms with Crippen LogP contribution in [0.3, 0.4) is 0 Å². The lowest BCUT2D eigenvalue weighted by Gasteiger charge is -2.08. The smallest absolute Gasteiger partial charge is 0.00488 e. The summed E-state index contributed by atoms with van der Waals surface area (Å²) in [5.74, 6) is 1.08. The van der Waals surface area contributed by atoms with Gasteiger partial charge in [-0.1, -0.05) is 45.4 Å². The molecule has 14 heavy (non-hydrogen) atoms. The van der Waals surface area contributed by atoms with Gasteiger partial charge in [-0.05, 0) is 38.3 Å². The summed E-state index contributed by atoms with van der Waals surface area (Å²) in [6.07, 6.45) is 13.0. The predicted octanol–water partition coefficient (Wildman–Crippen LogP) is 3.74. The van der Waals surface area contributed by atoms with E-state index in [9.17, 15) is 0 Å². The van der Waals surface area contributed by atoms with Crippen LogP contribution in [-0.4, -0.2) is 13.1 Å². The topological polar surface area (TPSA) is 12.0 Å². The maximum absolute atomic E-state index is 3.54. The first kappa shape index (κ1) is 12.0. The normalized spacial score (nSPS) is 17.8. The maximum Gasteiger partial charge on any atom is -0.00488 e. The van der Waals surface area contributed by atoms with Gasteiger partial charge in [-0.15, -0.1) is 0 Å². The van der Waals surface area contributed by atoms with E-state index in [1.54, 1.807) is 0 Å². The molecule has 1 fully saturated rings. The molecule has 1 aliphatic carbocycles. The summed E-state index contributed by atoms with van der Waals surface area (Å²) >= 11 is 0. The van der Waals surface area contributed by atoms with Crippen LogP contribution in [0.5, 0.6) is 0 Å². The average Bonchev–Trinajstić information content (AvgIpc) is 2.69. The second kappa shape index (κ2) is 8.28. The zero-order valence-corrected chi connectivity index (χ0v) is 9.86. The third-order valence-electron chi connectivity index (χ3n) is 3.40. The Kier molecular flexibility index (Phi) is 7.12. The second-order valence-electron chi connectivity index (χ2n) is 4.75. The Labute approximate surface area is 89.7 Å². The van der Waals surface area contributed by atoms with Crippen molar-refractivity contribution in [2.75, 3.05) is 13.1 Å². The third-order valence-corrected chi connectivity index (χ3v) is 3.40. The molecule has 0 spiro atoms. The largest absolute Gasteiger partial charge is 0.317 e. The van der Waals surface area contributed by atoms with E-state index in [4.69, 9.17) is 0 Å². The minimum absolute atomic E-state index is 1.08. The summed E-state index contributed by atoms with van der Waals surface area (Å²) in [6, 6.07) is 0. The highest BCUT2D eigenvalue weighted by molar-refractivity contribution is 4.67. The van der Waals surface area contributed by atoms with E-state index in [0.717, 1.165) is 5.92 Å². The summed E-state index contributed by atoms with van der Waals surface area (Å²) < 4.78 is 0. The number of unbranched alkanes of at least 4 members (excludes halogenated alkanes) is 2. The molecule has 0 atom stereocenters. The zero-order valence-electron chi connectivity index (χ0n) is 9.86. The summed E-state index contributed by atoms with van der Waals surface area (Å²) in [7, 11) is 0. The van der Waals surface area contributed by atoms with Crippen molar-refractivity contribution in [3.8, 4) is 0 Å². The Balaban J connectivity index is 1.75. The van der Waals surface area contributed by atoms with Crippen molar-refractivity contribution in [1.82, 2.24) is 5.32 Å². The number of hydrogen-bond acceptors (Lipinski definition) is 1. The zero-order chi connectivity index (χ0) is 10.1. The number of rotatable bonds is 8. The molecule has 0 aromatic rings. The first-order valence-corrected chi connectivity index (χ1v) is 6.64. The van der Waals surface area contributed by atoms with E-state index in [0.29, 0.717) is 0 Å². The van der Waals surface area contributed by atoms with Crippen molar-refractivity contribution in [3.63, 3.8) is 0 Å². The molecule has 0 aromatic carbocycles. The number of hydrogen-bond donors (Lipinski definition) is 1. The van der Waals surface area contributed by atoms with Crippen LogP contribution in [0.15, 0.2) is 0 Å². The van der Waals surface area contributed by atoms with Crippen LogP contribution in [0.25, 0.3) is 0 Å². The first-order valence-electron chi connectivity index (χ1n) is 6.64. The summed E-state index contributed by atoms with van der Waals surface area (Å²) in [5.41, 5.74) is 0. The van der Waals surface area contributed by atoms with Crippen molar-refractivity contribution in [2.45, 2.75) is 64.7 Å². The lowest BCUT2D eigenvalue weighted by molar-refractivity contribution is 0.468. The summed E-state index contributed by atoms with van der Waals surface area (Å²) in [4.78, 5) is 0. The van der Waals surface area contributed by atoms with E-state index in [1.807, 2.05) is 0 Å². The lowest BCUT2D eigenvalue weighted by Crippen LogP contribution is -2.17. The van der Waals surface area contributed by atoms with E-state index in [-0.39, 0.29) is 0 Å². The van der Waals surface area contributed by atoms with Gasteiger partial charge < -0.3 is 5.32 Å². The Hall–Kier alpha value is -0.0400. The molecular weight excluding hydrogens is 170 g/mol. The Morgan fingerprint density at radius 3 is 2.43 bits per heavy atom. The monoisotopic (exact) mass is 197 g/mol. The highest BCUT2D eigenvalue weighted by Crippen LogP contribution is 2.28. The molecule has 1 aliphatic rings. The highest BCUT2D eigenvalue weighted by Gasteiger charge is 2.13. The maximum atomic E-state index is 3.54. The number of nitrogens with one attached hydrogen (secondary N) is 1. The molecule has 0 heterocycles. The molecule has 1 nitrogen and oxygen atoms in total. The van der Waals surface area contributed by atoms with Crippen LogP contribution in [0.4, 0.5) is 0 Å². The van der Waals surface area contributed by atoms with E-state index in [2.05, 4.69) is 12.2 Å². The van der Waals surface area contributed by atoms with Gasteiger partial charge in [0.15, 0.2) is 0 Å². The lowest BCUT2D eigenvalue weighted by atomic mass is 10.0. The molecule has 0 saturated heterocycles. The molecular formula is C13H27N. The van der Waals surface area contributed by atoms with Crippen LogP contribution in [-0.2, 0) is 0 Å². The van der Waals surface area contributed by atoms with Gasteiger partial charge in [-0.25, -0.2) is 0 Å². The Morgan fingerprint density at radius 2 is 1.71 bits per heavy atom. The molecule has 1 saturated carbocycles. The average molecular weight is 197 g/mol. The van der Waals surface area contributed by atoms with Gasteiger partial charge in [-0.3, -0.25) is 0 Å². The minimum atomic E-state index is 1.08. The molecule has 0 bridgehead atoms. The van der Waals surface area contributed by atoms with Crippen LogP contribution in [0, 0.1) is 5.92 Å². The van der Waals surface area contributed by atoms with Gasteiger partial charge in [0.05, 0.1) is 0 Å². The van der Waals surface area contributed by atoms with Gasteiger partial charge in [0.2, 0.25) is 0 Å². The molecule has 1 rings (SSSR count). The molecule has 0 amide bonds. The highest BCUT2D eigenvalue weighted by atomic mass is 14.8. The predicted molar refractivity (Wildman–Crippen MR) is 63.6 cm³/mol. The summed E-state index contributed by atoms with van der Waals surface area (Å²) in [5, 5.41) is 3.54. The molecule has 84 valence electrons. The molecule has 0 aromatic heterocycles. The van der Waals surface area contributed by atoms with Crippen molar-refractivity contribution < 1.29 is 0 Å². The van der Waals surface area contributed by atoms with Crippen molar-refractivity contribution in [3.05, 3.63) is 0 Å². The fraction of sp³-hybridized carbons (Fsp3) is 1.00. The van der Waals surface area contributed by atoms with E-state index in [1.165, 1.54) is 70.9 Å². The molecule has 1 N–H and O–H groups in total. The molecule has 0 aliphatic heterocycles. The third kappa shape index (κ3) is 5.64. The van der Waals surface area contributed by atoms with Gasteiger partial charge in [0.25, 0.3) is 0 Å². The van der Waals surface area contributed by atoms with E-state index < -0.39 is 0 Å². The van der Waals surface area contributed by atoms with Crippen molar-refractivity contribution in [2.24, 2.45) is 5.92 Å². The fourth-order valence-corrected chi connectivity index (χ4v) is 2.44. The molecule has 0 radical (unpaired) electrons. The fourth-order valence-electron chi connectivity index (χ4n) is 2.44. The quantitative estimate of drug-likeness (QED) is 0.585. The first-order chi connectivity index (χ1) is 6.93. The van der Waals surface area contributed by atoms with Gasteiger partial charge in [0, 0.05) is 0 Å². The minimum Gasteiger partial charge on any atom is -0.317 e. The van der Waals surface area contributed by atoms with Gasteiger partial charge in [-0.2, -0.15) is 0 Å². The SMILES string of the molecule is CCCCCNCCCC1CCCC1. The summed E-state index contributed by atoms with van der Waals surface area (Å²) in [6.45, 7) is 4.75. The second-order valence-corrected chi connectivity index (χ2v) is 4.75. The standard InChI is InChI=1S/C13H27N/c1-2-3-6-11-14-12-7-10-13-8-4-5-9-13/h13-14H,2-12H2,1H3. The molecule has 1 heteroatoms. The van der Waals surface area contributed by atoms with E-state index >= 15 is 0 Å². The Morgan fingerprint density at radius 1 is 1.00 bits per heavy atom. The van der Waals surface area contributed by atoms with Crippen LogP contribution in [0.2, 0.25) is 0 Å². The van der Waals surface area contributed by atoms with Gasteiger partial charge >= 0.3 is 0 Å². The van der Waals surface area contributed by atoms with Crippen LogP contribution >= 0.6 is 0 Å². The van der Waals surface area contributed by atoms with Crippen LogP contribution < -0.4 is 5.32 Å². The van der Waals surface area contributed by atoms with Crippen molar-refractivity contribution >= 4 is 0 Å².